The van der Waals surface area contributed by atoms with Gasteiger partial charge >= 0.3 is 0 Å². The summed E-state index contributed by atoms with van der Waals surface area (Å²) < 4.78 is 0. The number of aromatic nitrogens is 2. The van der Waals surface area contributed by atoms with E-state index in [1.54, 1.807) is 0 Å². The van der Waals surface area contributed by atoms with E-state index in [1.165, 1.54) is 63.4 Å². The quantitative estimate of drug-likeness (QED) is 0.352. The lowest BCUT2D eigenvalue weighted by molar-refractivity contribution is 0.507. The van der Waals surface area contributed by atoms with Crippen LogP contribution in [-0.4, -0.2) is 16.5 Å². The molecule has 3 nitrogen and oxygen atoms in total. The minimum absolute atomic E-state index is 0.592. The molecule has 5 rings (SSSR count). The van der Waals surface area contributed by atoms with Gasteiger partial charge in [0, 0.05) is 24.5 Å². The van der Waals surface area contributed by atoms with Crippen LogP contribution in [0.2, 0.25) is 0 Å². The lowest BCUT2D eigenvalue weighted by Gasteiger charge is -2.23. The Kier molecular flexibility index (Phi) is 5.88. The number of anilines is 1. The molecule has 4 aromatic rings. The first-order chi connectivity index (χ1) is 16.0. The molecule has 2 unspecified atom stereocenters. The zero-order chi connectivity index (χ0) is 22.9. The molecule has 0 bridgehead atoms. The Labute approximate surface area is 197 Å². The normalized spacial score (nSPS) is 18.1. The van der Waals surface area contributed by atoms with Crippen LogP contribution in [0.15, 0.2) is 60.9 Å². The Bertz CT molecular complexity index is 1290. The van der Waals surface area contributed by atoms with E-state index in [2.05, 4.69) is 91.5 Å². The number of hydrogen-bond acceptors (Lipinski definition) is 3. The topological polar surface area (TPSA) is 37.8 Å². The molecule has 1 saturated carbocycles. The summed E-state index contributed by atoms with van der Waals surface area (Å²) in [6.45, 7) is 9.73. The summed E-state index contributed by atoms with van der Waals surface area (Å²) >= 11 is 0. The summed E-state index contributed by atoms with van der Waals surface area (Å²) in [4.78, 5) is 9.22. The summed E-state index contributed by atoms with van der Waals surface area (Å²) in [6, 6.07) is 17.9. The number of benzene rings is 3. The van der Waals surface area contributed by atoms with Crippen LogP contribution in [-0.2, 0) is 0 Å². The monoisotopic (exact) mass is 435 g/mol. The van der Waals surface area contributed by atoms with Crippen molar-refractivity contribution in [3.05, 3.63) is 88.7 Å². The molecule has 0 saturated heterocycles. The number of aryl methyl sites for hydroxylation is 4. The average Bonchev–Trinajstić information content (AvgIpc) is 3.28. The van der Waals surface area contributed by atoms with Gasteiger partial charge in [-0.3, -0.25) is 0 Å². The summed E-state index contributed by atoms with van der Waals surface area (Å²) in [5.74, 6) is 1.92. The van der Waals surface area contributed by atoms with Crippen LogP contribution >= 0.6 is 0 Å². The smallest absolute Gasteiger partial charge is 0.222 e. The van der Waals surface area contributed by atoms with Gasteiger partial charge in [0.2, 0.25) is 5.95 Å². The molecule has 1 aliphatic carbocycles. The fourth-order valence-electron chi connectivity index (χ4n) is 5.48. The van der Waals surface area contributed by atoms with E-state index in [9.17, 15) is 0 Å². The predicted molar refractivity (Wildman–Crippen MR) is 139 cm³/mol. The van der Waals surface area contributed by atoms with E-state index in [0.29, 0.717) is 11.8 Å². The maximum atomic E-state index is 4.61. The van der Waals surface area contributed by atoms with Crippen LogP contribution in [0.1, 0.15) is 53.0 Å². The number of fused-ring (bicyclic) bond motifs is 1. The van der Waals surface area contributed by atoms with Crippen molar-refractivity contribution in [2.24, 2.45) is 5.92 Å². The molecule has 2 atom stereocenters. The first kappa shape index (κ1) is 21.6. The van der Waals surface area contributed by atoms with Gasteiger partial charge in [-0.2, -0.15) is 0 Å². The second kappa shape index (κ2) is 8.97. The lowest BCUT2D eigenvalue weighted by Crippen LogP contribution is -2.19. The van der Waals surface area contributed by atoms with Crippen LogP contribution in [0.5, 0.6) is 0 Å². The number of nitrogens with zero attached hydrogens (tertiary/aromatic N) is 2. The second-order valence-corrected chi connectivity index (χ2v) is 9.78. The molecule has 0 aliphatic heterocycles. The maximum absolute atomic E-state index is 4.61. The maximum Gasteiger partial charge on any atom is 0.222 e. The van der Waals surface area contributed by atoms with E-state index < -0.39 is 0 Å². The van der Waals surface area contributed by atoms with Crippen molar-refractivity contribution < 1.29 is 0 Å². The number of nitrogens with one attached hydrogen (secondary N) is 1. The molecule has 33 heavy (non-hydrogen) atoms. The van der Waals surface area contributed by atoms with Crippen molar-refractivity contribution in [3.8, 4) is 11.1 Å². The van der Waals surface area contributed by atoms with Crippen LogP contribution < -0.4 is 5.32 Å². The molecule has 0 amide bonds. The molecular formula is C30H33N3. The SMILES string of the molecule is Cc1cc2cc(C)c(C3CCCC3CNc3ncc(-c4ccccc4C)cn3)cc2cc1C. The third-order valence-electron chi connectivity index (χ3n) is 7.53. The Morgan fingerprint density at radius 1 is 0.788 bits per heavy atom. The Morgan fingerprint density at radius 2 is 1.45 bits per heavy atom. The highest BCUT2D eigenvalue weighted by molar-refractivity contribution is 5.86. The minimum Gasteiger partial charge on any atom is -0.354 e. The summed E-state index contributed by atoms with van der Waals surface area (Å²) in [5.41, 5.74) is 9.17. The largest absolute Gasteiger partial charge is 0.354 e. The van der Waals surface area contributed by atoms with Crippen molar-refractivity contribution in [2.75, 3.05) is 11.9 Å². The van der Waals surface area contributed by atoms with Gasteiger partial charge in [0.15, 0.2) is 0 Å². The van der Waals surface area contributed by atoms with Gasteiger partial charge < -0.3 is 5.32 Å². The van der Waals surface area contributed by atoms with Crippen molar-refractivity contribution in [3.63, 3.8) is 0 Å². The molecule has 1 fully saturated rings. The lowest BCUT2D eigenvalue weighted by atomic mass is 9.84. The van der Waals surface area contributed by atoms with E-state index in [1.807, 2.05) is 12.4 Å². The summed E-state index contributed by atoms with van der Waals surface area (Å²) in [7, 11) is 0. The summed E-state index contributed by atoms with van der Waals surface area (Å²) in [5, 5.41) is 6.25. The van der Waals surface area contributed by atoms with Gasteiger partial charge in [-0.25, -0.2) is 9.97 Å². The Morgan fingerprint density at radius 3 is 2.18 bits per heavy atom. The first-order valence-electron chi connectivity index (χ1n) is 12.1. The number of hydrogen-bond donors (Lipinski definition) is 1. The van der Waals surface area contributed by atoms with Crippen molar-refractivity contribution in [1.82, 2.24) is 9.97 Å². The highest BCUT2D eigenvalue weighted by atomic mass is 15.1. The molecule has 3 heteroatoms. The fourth-order valence-corrected chi connectivity index (χ4v) is 5.48. The molecule has 168 valence electrons. The molecule has 1 aromatic heterocycles. The highest BCUT2D eigenvalue weighted by Gasteiger charge is 2.29. The second-order valence-electron chi connectivity index (χ2n) is 9.78. The summed E-state index contributed by atoms with van der Waals surface area (Å²) in [6.07, 6.45) is 7.66. The molecule has 1 heterocycles. The third-order valence-corrected chi connectivity index (χ3v) is 7.53. The third kappa shape index (κ3) is 4.37. The van der Waals surface area contributed by atoms with Crippen molar-refractivity contribution in [1.29, 1.82) is 0 Å². The van der Waals surface area contributed by atoms with Crippen LogP contribution in [0, 0.1) is 33.6 Å². The van der Waals surface area contributed by atoms with Crippen LogP contribution in [0.25, 0.3) is 21.9 Å². The molecule has 0 radical (unpaired) electrons. The average molecular weight is 436 g/mol. The highest BCUT2D eigenvalue weighted by Crippen LogP contribution is 2.42. The van der Waals surface area contributed by atoms with Crippen LogP contribution in [0.3, 0.4) is 0 Å². The van der Waals surface area contributed by atoms with E-state index in [0.717, 1.165) is 18.1 Å². The van der Waals surface area contributed by atoms with Gasteiger partial charge in [-0.15, -0.1) is 0 Å². The van der Waals surface area contributed by atoms with E-state index >= 15 is 0 Å². The predicted octanol–water partition coefficient (Wildman–Crippen LogP) is 7.53. The number of rotatable bonds is 5. The van der Waals surface area contributed by atoms with E-state index in [4.69, 9.17) is 0 Å². The Balaban J connectivity index is 1.32. The molecular weight excluding hydrogens is 402 g/mol. The van der Waals surface area contributed by atoms with E-state index in [-0.39, 0.29) is 0 Å². The van der Waals surface area contributed by atoms with Gasteiger partial charge in [0.1, 0.15) is 0 Å². The van der Waals surface area contributed by atoms with Crippen molar-refractivity contribution >= 4 is 16.7 Å². The van der Waals surface area contributed by atoms with Crippen LogP contribution in [0.4, 0.5) is 5.95 Å². The van der Waals surface area contributed by atoms with Gasteiger partial charge in [-0.1, -0.05) is 55.0 Å². The molecule has 0 spiro atoms. The first-order valence-corrected chi connectivity index (χ1v) is 12.1. The Hall–Kier alpha value is -3.20. The minimum atomic E-state index is 0.592. The zero-order valence-corrected chi connectivity index (χ0v) is 20.2. The van der Waals surface area contributed by atoms with Gasteiger partial charge in [-0.05, 0) is 96.5 Å². The molecule has 1 N–H and O–H groups in total. The fraction of sp³-hybridized carbons (Fsp3) is 0.333. The zero-order valence-electron chi connectivity index (χ0n) is 20.2. The van der Waals surface area contributed by atoms with Gasteiger partial charge in [0.05, 0.1) is 0 Å². The standard InChI is InChI=1S/C30H33N3/c1-19-8-5-6-10-27(19)26-17-32-30(33-18-26)31-16-23-9-7-11-28(23)29-15-25-13-21(3)20(2)12-24(25)14-22(29)4/h5-6,8,10,12-15,17-18,23,28H,7,9,11,16H2,1-4H3,(H,31,32,33). The molecule has 1 aliphatic rings. The van der Waals surface area contributed by atoms with Crippen molar-refractivity contribution in [2.45, 2.75) is 52.9 Å². The van der Waals surface area contributed by atoms with Gasteiger partial charge in [0.25, 0.3) is 0 Å². The molecule has 3 aromatic carbocycles.